The fourth-order valence-corrected chi connectivity index (χ4v) is 2.81. The van der Waals surface area contributed by atoms with Crippen molar-refractivity contribution in [3.05, 3.63) is 58.4 Å². The molecule has 110 valence electrons. The van der Waals surface area contributed by atoms with Gasteiger partial charge in [0, 0.05) is 12.1 Å². The van der Waals surface area contributed by atoms with E-state index in [0.717, 1.165) is 30.9 Å². The molecule has 1 heterocycles. The van der Waals surface area contributed by atoms with Crippen LogP contribution in [0.15, 0.2) is 36.4 Å². The molecule has 0 radical (unpaired) electrons. The van der Waals surface area contributed by atoms with E-state index in [1.54, 1.807) is 12.1 Å². The number of hydrogen-bond acceptors (Lipinski definition) is 2. The lowest BCUT2D eigenvalue weighted by atomic mass is 10.0. The number of hydrogen-bond donors (Lipinski definition) is 1. The van der Waals surface area contributed by atoms with E-state index in [0.29, 0.717) is 0 Å². The number of rotatable bonds is 4. The topological polar surface area (TPSA) is 21.3 Å². The van der Waals surface area contributed by atoms with Crippen LogP contribution in [0.2, 0.25) is 5.02 Å². The van der Waals surface area contributed by atoms with Crippen molar-refractivity contribution in [1.29, 1.82) is 0 Å². The highest BCUT2D eigenvalue weighted by atomic mass is 35.5. The van der Waals surface area contributed by atoms with E-state index in [4.69, 9.17) is 16.3 Å². The Balaban J connectivity index is 1.83. The maximum absolute atomic E-state index is 13.2. The summed E-state index contributed by atoms with van der Waals surface area (Å²) >= 11 is 5.83. The van der Waals surface area contributed by atoms with Crippen molar-refractivity contribution in [2.45, 2.75) is 25.8 Å². The monoisotopic (exact) mass is 305 g/mol. The first-order chi connectivity index (χ1) is 10.2. The Labute approximate surface area is 128 Å². The number of nitrogens with one attached hydrogen (secondary N) is 1. The highest BCUT2D eigenvalue weighted by Crippen LogP contribution is 2.31. The molecule has 1 N–H and O–H groups in total. The van der Waals surface area contributed by atoms with Gasteiger partial charge in [-0.25, -0.2) is 4.39 Å². The molecule has 0 saturated heterocycles. The molecular formula is C17H17ClFNO. The first-order valence-electron chi connectivity index (χ1n) is 7.14. The van der Waals surface area contributed by atoms with Crippen LogP contribution in [0.25, 0.3) is 0 Å². The summed E-state index contributed by atoms with van der Waals surface area (Å²) < 4.78 is 18.8. The molecule has 2 aromatic carbocycles. The molecule has 0 aliphatic carbocycles. The molecule has 1 atom stereocenters. The molecule has 1 aliphatic heterocycles. The predicted octanol–water partition coefficient (Wildman–Crippen LogP) is 4.98. The van der Waals surface area contributed by atoms with Gasteiger partial charge < -0.3 is 10.1 Å². The van der Waals surface area contributed by atoms with Crippen LogP contribution in [0.5, 0.6) is 5.75 Å². The van der Waals surface area contributed by atoms with E-state index in [1.807, 2.05) is 6.07 Å². The molecule has 0 saturated carbocycles. The van der Waals surface area contributed by atoms with Crippen LogP contribution in [0.4, 0.5) is 10.1 Å². The summed E-state index contributed by atoms with van der Waals surface area (Å²) in [6, 6.07) is 11.2. The van der Waals surface area contributed by atoms with Crippen LogP contribution in [0.3, 0.4) is 0 Å². The van der Waals surface area contributed by atoms with E-state index in [-0.39, 0.29) is 11.1 Å². The molecule has 2 aromatic rings. The first-order valence-corrected chi connectivity index (χ1v) is 7.52. The normalized spacial score (nSPS) is 14.4. The van der Waals surface area contributed by atoms with Crippen LogP contribution < -0.4 is 10.1 Å². The third-order valence-electron chi connectivity index (χ3n) is 3.78. The first kappa shape index (κ1) is 14.2. The van der Waals surface area contributed by atoms with Crippen LogP contribution in [-0.4, -0.2) is 6.61 Å². The van der Waals surface area contributed by atoms with Crippen molar-refractivity contribution in [2.75, 3.05) is 11.9 Å². The minimum Gasteiger partial charge on any atom is -0.493 e. The van der Waals surface area contributed by atoms with Gasteiger partial charge in [-0.1, -0.05) is 24.6 Å². The molecule has 1 aliphatic rings. The Bertz CT molecular complexity index is 659. The Kier molecular flexibility index (Phi) is 4.02. The fourth-order valence-electron chi connectivity index (χ4n) is 2.63. The van der Waals surface area contributed by atoms with Gasteiger partial charge in [-0.2, -0.15) is 0 Å². The van der Waals surface area contributed by atoms with Gasteiger partial charge >= 0.3 is 0 Å². The standard InChI is InChI=1S/C17H17ClFNO/c1-2-16(20-13-4-5-15(19)14(18)10-13)11-3-6-17-12(9-11)7-8-21-17/h3-6,9-10,16,20H,2,7-8H2,1H3. The predicted molar refractivity (Wildman–Crippen MR) is 83.7 cm³/mol. The highest BCUT2D eigenvalue weighted by molar-refractivity contribution is 6.31. The summed E-state index contributed by atoms with van der Waals surface area (Å²) in [4.78, 5) is 0. The zero-order chi connectivity index (χ0) is 14.8. The number of fused-ring (bicyclic) bond motifs is 1. The molecule has 3 rings (SSSR count). The molecule has 0 fully saturated rings. The molecule has 2 nitrogen and oxygen atoms in total. The van der Waals surface area contributed by atoms with E-state index in [1.165, 1.54) is 17.2 Å². The largest absolute Gasteiger partial charge is 0.493 e. The lowest BCUT2D eigenvalue weighted by molar-refractivity contribution is 0.357. The minimum atomic E-state index is -0.398. The van der Waals surface area contributed by atoms with Gasteiger partial charge in [0.05, 0.1) is 17.7 Å². The second-order valence-electron chi connectivity index (χ2n) is 5.20. The zero-order valence-electron chi connectivity index (χ0n) is 11.8. The van der Waals surface area contributed by atoms with Crippen LogP contribution in [0, 0.1) is 5.82 Å². The van der Waals surface area contributed by atoms with Gasteiger partial charge in [0.1, 0.15) is 11.6 Å². The smallest absolute Gasteiger partial charge is 0.141 e. The number of halogens is 2. The summed E-state index contributed by atoms with van der Waals surface area (Å²) in [5, 5.41) is 3.55. The van der Waals surface area contributed by atoms with Crippen molar-refractivity contribution in [1.82, 2.24) is 0 Å². The van der Waals surface area contributed by atoms with Gasteiger partial charge in [-0.05, 0) is 47.9 Å². The van der Waals surface area contributed by atoms with E-state index < -0.39 is 5.82 Å². The lowest BCUT2D eigenvalue weighted by Gasteiger charge is -2.19. The third kappa shape index (κ3) is 2.98. The highest BCUT2D eigenvalue weighted by Gasteiger charge is 2.16. The van der Waals surface area contributed by atoms with Gasteiger partial charge in [0.15, 0.2) is 0 Å². The number of anilines is 1. The summed E-state index contributed by atoms with van der Waals surface area (Å²) in [7, 11) is 0. The van der Waals surface area contributed by atoms with Crippen molar-refractivity contribution >= 4 is 17.3 Å². The molecule has 0 aromatic heterocycles. The minimum absolute atomic E-state index is 0.136. The van der Waals surface area contributed by atoms with Gasteiger partial charge in [0.25, 0.3) is 0 Å². The maximum atomic E-state index is 13.2. The van der Waals surface area contributed by atoms with Gasteiger partial charge in [-0.3, -0.25) is 0 Å². The van der Waals surface area contributed by atoms with Crippen molar-refractivity contribution in [3.8, 4) is 5.75 Å². The lowest BCUT2D eigenvalue weighted by Crippen LogP contribution is -2.10. The summed E-state index contributed by atoms with van der Waals surface area (Å²) in [6.07, 6.45) is 1.89. The van der Waals surface area contributed by atoms with Crippen molar-refractivity contribution < 1.29 is 9.13 Å². The second kappa shape index (κ2) is 5.94. The average Bonchev–Trinajstić information content (AvgIpc) is 2.95. The molecular weight excluding hydrogens is 289 g/mol. The molecule has 4 heteroatoms. The summed E-state index contributed by atoms with van der Waals surface area (Å²) in [5.74, 6) is 0.586. The Hall–Kier alpha value is -1.74. The Morgan fingerprint density at radius 1 is 1.29 bits per heavy atom. The van der Waals surface area contributed by atoms with Crippen molar-refractivity contribution in [2.24, 2.45) is 0 Å². The van der Waals surface area contributed by atoms with Crippen LogP contribution in [0.1, 0.15) is 30.5 Å². The molecule has 1 unspecified atom stereocenters. The molecule has 0 spiro atoms. The third-order valence-corrected chi connectivity index (χ3v) is 4.07. The zero-order valence-corrected chi connectivity index (χ0v) is 12.6. The van der Waals surface area contributed by atoms with E-state index in [2.05, 4.69) is 24.4 Å². The fraction of sp³-hybridized carbons (Fsp3) is 0.294. The average molecular weight is 306 g/mol. The molecule has 21 heavy (non-hydrogen) atoms. The van der Waals surface area contributed by atoms with E-state index >= 15 is 0 Å². The van der Waals surface area contributed by atoms with E-state index in [9.17, 15) is 4.39 Å². The Morgan fingerprint density at radius 2 is 2.14 bits per heavy atom. The van der Waals surface area contributed by atoms with Crippen LogP contribution >= 0.6 is 11.6 Å². The number of benzene rings is 2. The van der Waals surface area contributed by atoms with Gasteiger partial charge in [0.2, 0.25) is 0 Å². The SMILES string of the molecule is CCC(Nc1ccc(F)c(Cl)c1)c1ccc2c(c1)CCO2. The Morgan fingerprint density at radius 3 is 2.90 bits per heavy atom. The molecule has 0 bridgehead atoms. The summed E-state index contributed by atoms with van der Waals surface area (Å²) in [6.45, 7) is 2.88. The quantitative estimate of drug-likeness (QED) is 0.860. The van der Waals surface area contributed by atoms with Crippen LogP contribution in [-0.2, 0) is 6.42 Å². The maximum Gasteiger partial charge on any atom is 0.141 e. The molecule has 0 amide bonds. The summed E-state index contributed by atoms with van der Waals surface area (Å²) in [5.41, 5.74) is 3.29. The second-order valence-corrected chi connectivity index (χ2v) is 5.61. The number of ether oxygens (including phenoxy) is 1. The van der Waals surface area contributed by atoms with Crippen molar-refractivity contribution in [3.63, 3.8) is 0 Å². The van der Waals surface area contributed by atoms with Gasteiger partial charge in [-0.15, -0.1) is 0 Å².